The fraction of sp³-hybridized carbons (Fsp3) is 0. The number of nitrogens with zero attached hydrogens (tertiary/aromatic N) is 2. The molecule has 0 aliphatic carbocycles. The molecule has 0 spiro atoms. The van der Waals surface area contributed by atoms with Crippen LogP contribution in [0.5, 0.6) is 0 Å². The van der Waals surface area contributed by atoms with E-state index in [1.807, 2.05) is 0 Å². The van der Waals surface area contributed by atoms with E-state index in [0.29, 0.717) is 20.4 Å². The third-order valence-corrected chi connectivity index (χ3v) is 3.27. The highest BCUT2D eigenvalue weighted by atomic mass is 32.2. The molecule has 2 aromatic rings. The third-order valence-electron chi connectivity index (χ3n) is 1.35. The fourth-order valence-electron chi connectivity index (χ4n) is 0.782. The summed E-state index contributed by atoms with van der Waals surface area (Å²) in [6, 6.07) is 0. The molecule has 0 aromatic carbocycles. The van der Waals surface area contributed by atoms with Crippen molar-refractivity contribution in [3.8, 4) is 0 Å². The lowest BCUT2D eigenvalue weighted by molar-refractivity contribution is 1.20. The molecular formula is C7H4N2OS2. The predicted octanol–water partition coefficient (Wildman–Crippen LogP) is -0.0664. The first-order chi connectivity index (χ1) is 5.66. The van der Waals surface area contributed by atoms with Gasteiger partial charge < -0.3 is 0 Å². The number of hydrogen-bond acceptors (Lipinski definition) is 5. The van der Waals surface area contributed by atoms with Crippen LogP contribution in [0.1, 0.15) is 0 Å². The number of fused-ring (bicyclic) bond motifs is 1. The van der Waals surface area contributed by atoms with E-state index in [4.69, 9.17) is 0 Å². The van der Waals surface area contributed by atoms with Crippen LogP contribution in [0.4, 0.5) is 0 Å². The molecule has 0 atom stereocenters. The first kappa shape index (κ1) is 7.57. The van der Waals surface area contributed by atoms with Crippen LogP contribution in [-0.4, -0.2) is 9.97 Å². The van der Waals surface area contributed by atoms with Gasteiger partial charge in [0.2, 0.25) is 0 Å². The molecule has 0 bridgehead atoms. The Morgan fingerprint density at radius 1 is 1.00 bits per heavy atom. The maximum absolute atomic E-state index is 10.9. The second-order valence-electron chi connectivity index (χ2n) is 2.18. The van der Waals surface area contributed by atoms with Crippen LogP contribution in [0.2, 0.25) is 0 Å². The van der Waals surface area contributed by atoms with Crippen LogP contribution in [0.25, 0.3) is 22.8 Å². The van der Waals surface area contributed by atoms with Crippen molar-refractivity contribution >= 4 is 45.5 Å². The Bertz CT molecular complexity index is 533. The highest BCUT2D eigenvalue weighted by molar-refractivity contribution is 7.35. The van der Waals surface area contributed by atoms with E-state index in [2.05, 4.69) is 23.1 Å². The summed E-state index contributed by atoms with van der Waals surface area (Å²) in [7, 11) is 0. The normalized spacial score (nSPS) is 10.7. The summed E-state index contributed by atoms with van der Waals surface area (Å²) in [5.41, 5.74) is 0. The molecule has 5 heteroatoms. The Hall–Kier alpha value is -1.07. The number of aromatic nitrogens is 2. The molecule has 0 saturated heterocycles. The molecule has 2 rings (SSSR count). The van der Waals surface area contributed by atoms with E-state index in [1.165, 1.54) is 0 Å². The zero-order valence-electron chi connectivity index (χ0n) is 6.03. The molecule has 0 unspecified atom stereocenters. The quantitative estimate of drug-likeness (QED) is 0.592. The predicted molar refractivity (Wildman–Crippen MR) is 51.9 cm³/mol. The van der Waals surface area contributed by atoms with Crippen molar-refractivity contribution < 1.29 is 0 Å². The zero-order chi connectivity index (χ0) is 8.72. The molecular weight excluding hydrogens is 192 g/mol. The van der Waals surface area contributed by atoms with Crippen molar-refractivity contribution in [2.24, 2.45) is 0 Å². The molecule has 0 radical (unpaired) electrons. The molecule has 2 aromatic heterocycles. The van der Waals surface area contributed by atoms with Gasteiger partial charge in [-0.05, 0) is 0 Å². The zero-order valence-corrected chi connectivity index (χ0v) is 7.67. The monoisotopic (exact) mass is 196 g/mol. The van der Waals surface area contributed by atoms with E-state index in [9.17, 15) is 4.79 Å². The second-order valence-corrected chi connectivity index (χ2v) is 4.36. The average Bonchev–Trinajstić information content (AvgIpc) is 2.30. The molecule has 0 amide bonds. The molecule has 3 nitrogen and oxygen atoms in total. The van der Waals surface area contributed by atoms with Gasteiger partial charge in [0.15, 0.2) is 9.66 Å². The lowest BCUT2D eigenvalue weighted by Gasteiger charge is -1.85. The van der Waals surface area contributed by atoms with Crippen molar-refractivity contribution in [3.63, 3.8) is 0 Å². The maximum atomic E-state index is 10.9. The summed E-state index contributed by atoms with van der Waals surface area (Å²) in [5.74, 6) is 0. The van der Waals surface area contributed by atoms with E-state index in [1.54, 1.807) is 0 Å². The van der Waals surface area contributed by atoms with Gasteiger partial charge >= 0.3 is 0 Å². The topological polar surface area (TPSA) is 42.9 Å². The molecule has 60 valence electrons. The Morgan fingerprint density at radius 2 is 1.42 bits per heavy atom. The van der Waals surface area contributed by atoms with Crippen LogP contribution < -0.4 is 14.8 Å². The maximum Gasteiger partial charge on any atom is 0.291 e. The Kier molecular flexibility index (Phi) is 1.55. The highest BCUT2D eigenvalue weighted by Crippen LogP contribution is 2.11. The molecule has 0 N–H and O–H groups in total. The van der Waals surface area contributed by atoms with Gasteiger partial charge in [-0.25, -0.2) is 9.97 Å². The third kappa shape index (κ3) is 1.07. The van der Waals surface area contributed by atoms with Crippen molar-refractivity contribution in [3.05, 3.63) is 19.5 Å². The fourth-order valence-corrected chi connectivity index (χ4v) is 2.57. The molecule has 0 aliphatic rings. The van der Waals surface area contributed by atoms with Crippen LogP contribution in [-0.2, 0) is 0 Å². The van der Waals surface area contributed by atoms with Crippen LogP contribution in [0.3, 0.4) is 0 Å². The minimum Gasteiger partial charge on any atom is -0.265 e. The van der Waals surface area contributed by atoms with Gasteiger partial charge in [-0.15, -0.1) is 0 Å². The largest absolute Gasteiger partial charge is 0.291 e. The van der Waals surface area contributed by atoms with E-state index < -0.39 is 0 Å². The Balaban J connectivity index is 3.12. The van der Waals surface area contributed by atoms with E-state index in [0.717, 1.165) is 22.7 Å². The van der Waals surface area contributed by atoms with Gasteiger partial charge in [0.25, 0.3) is 4.06 Å². The molecule has 12 heavy (non-hydrogen) atoms. The lowest BCUT2D eigenvalue weighted by atomic mass is 10.6. The summed E-state index contributed by atoms with van der Waals surface area (Å²) >= 11 is 2.19. The van der Waals surface area contributed by atoms with Crippen LogP contribution in [0.15, 0.2) is 4.79 Å². The van der Waals surface area contributed by atoms with Crippen LogP contribution >= 0.6 is 22.7 Å². The van der Waals surface area contributed by atoms with Gasteiger partial charge in [0.1, 0.15) is 0 Å². The molecule has 2 heterocycles. The summed E-state index contributed by atoms with van der Waals surface area (Å²) in [6.07, 6.45) is 0. The summed E-state index contributed by atoms with van der Waals surface area (Å²) in [6.45, 7) is 7.31. The van der Waals surface area contributed by atoms with Crippen LogP contribution in [0, 0.1) is 0 Å². The average molecular weight is 196 g/mol. The van der Waals surface area contributed by atoms with Crippen molar-refractivity contribution in [1.82, 2.24) is 9.97 Å². The summed E-state index contributed by atoms with van der Waals surface area (Å²) in [5, 5.41) is 1.08. The smallest absolute Gasteiger partial charge is 0.265 e. The minimum atomic E-state index is 0.00926. The van der Waals surface area contributed by atoms with Crippen molar-refractivity contribution in [2.45, 2.75) is 0 Å². The van der Waals surface area contributed by atoms with Gasteiger partial charge in [-0.3, -0.25) is 4.79 Å². The number of rotatable bonds is 0. The molecule has 0 saturated carbocycles. The van der Waals surface area contributed by atoms with Gasteiger partial charge in [0, 0.05) is 0 Å². The Morgan fingerprint density at radius 3 is 1.83 bits per heavy atom. The SMILES string of the molecule is C=c1nc2sc(=O)sc2nc1=C. The van der Waals surface area contributed by atoms with Gasteiger partial charge in [0.05, 0.1) is 10.7 Å². The summed E-state index contributed by atoms with van der Waals surface area (Å²) in [4.78, 5) is 20.4. The Labute approximate surface area is 75.4 Å². The molecule has 0 fully saturated rings. The van der Waals surface area contributed by atoms with Gasteiger partial charge in [-0.1, -0.05) is 35.8 Å². The highest BCUT2D eigenvalue weighted by Gasteiger charge is 2.01. The summed E-state index contributed by atoms with van der Waals surface area (Å²) < 4.78 is 0.00926. The number of hydrogen-bond donors (Lipinski definition) is 0. The second kappa shape index (κ2) is 2.46. The van der Waals surface area contributed by atoms with Crippen molar-refractivity contribution in [1.29, 1.82) is 0 Å². The van der Waals surface area contributed by atoms with Crippen molar-refractivity contribution in [2.75, 3.05) is 0 Å². The standard InChI is InChI=1S/C7H4N2OS2/c1-3-4(2)9-6-5(8-3)11-7(10)12-6/h1-2H2. The van der Waals surface area contributed by atoms with E-state index >= 15 is 0 Å². The van der Waals surface area contributed by atoms with E-state index in [-0.39, 0.29) is 4.06 Å². The lowest BCUT2D eigenvalue weighted by Crippen LogP contribution is -2.27. The van der Waals surface area contributed by atoms with Gasteiger partial charge in [-0.2, -0.15) is 0 Å². The molecule has 0 aliphatic heterocycles. The first-order valence-electron chi connectivity index (χ1n) is 3.12. The minimum absolute atomic E-state index is 0.00926. The first-order valence-corrected chi connectivity index (χ1v) is 4.76.